The summed E-state index contributed by atoms with van der Waals surface area (Å²) in [6.45, 7) is 9.21. The maximum atomic E-state index is 14.6. The summed E-state index contributed by atoms with van der Waals surface area (Å²) >= 11 is 0. The minimum Gasteiger partial charge on any atom is -0.376 e. The maximum Gasteiger partial charge on any atom is 0.242 e. The van der Waals surface area contributed by atoms with Crippen molar-refractivity contribution in [2.45, 2.75) is 63.7 Å². The molecule has 3 atom stereocenters. The summed E-state index contributed by atoms with van der Waals surface area (Å²) in [5.41, 5.74) is 4.02. The van der Waals surface area contributed by atoms with Crippen LogP contribution in [0.5, 0.6) is 0 Å². The molecular formula is C29H36FN3O2. The van der Waals surface area contributed by atoms with Crippen LogP contribution in [0.1, 0.15) is 68.2 Å². The van der Waals surface area contributed by atoms with Crippen molar-refractivity contribution in [3.63, 3.8) is 0 Å². The van der Waals surface area contributed by atoms with Crippen molar-refractivity contribution < 1.29 is 14.0 Å². The van der Waals surface area contributed by atoms with E-state index in [1.54, 1.807) is 9.80 Å². The molecule has 6 heteroatoms. The van der Waals surface area contributed by atoms with Gasteiger partial charge in [-0.15, -0.1) is 0 Å². The normalized spacial score (nSPS) is 21.3. The zero-order valence-electron chi connectivity index (χ0n) is 20.8. The molecule has 35 heavy (non-hydrogen) atoms. The largest absolute Gasteiger partial charge is 0.376 e. The monoisotopic (exact) mass is 477 g/mol. The van der Waals surface area contributed by atoms with Crippen LogP contribution in [0.4, 0.5) is 4.39 Å². The highest BCUT2D eigenvalue weighted by Crippen LogP contribution is 2.30. The SMILES string of the molecule is C=C(N[C@@H](c1ccccc1)c1ccc(C(C)C)cc1)[C@@H]1C[C@@H](F)CN1C(=O)CN1CCCCC1=O. The highest BCUT2D eigenvalue weighted by Gasteiger charge is 2.38. The van der Waals surface area contributed by atoms with Gasteiger partial charge >= 0.3 is 0 Å². The molecule has 2 fully saturated rings. The number of carbonyl (C=O) groups excluding carboxylic acids is 2. The molecule has 0 radical (unpaired) electrons. The van der Waals surface area contributed by atoms with Crippen molar-refractivity contribution in [2.24, 2.45) is 0 Å². The lowest BCUT2D eigenvalue weighted by Gasteiger charge is -2.33. The second kappa shape index (κ2) is 11.1. The number of halogens is 1. The fraction of sp³-hybridized carbons (Fsp3) is 0.448. The molecule has 0 spiro atoms. The molecule has 0 saturated carbocycles. The van der Waals surface area contributed by atoms with Crippen molar-refractivity contribution in [2.75, 3.05) is 19.6 Å². The molecule has 186 valence electrons. The zero-order valence-corrected chi connectivity index (χ0v) is 20.8. The number of alkyl halides is 1. The van der Waals surface area contributed by atoms with Crippen molar-refractivity contribution in [3.8, 4) is 0 Å². The molecule has 4 rings (SSSR count). The summed E-state index contributed by atoms with van der Waals surface area (Å²) in [7, 11) is 0. The highest BCUT2D eigenvalue weighted by molar-refractivity contribution is 5.85. The smallest absolute Gasteiger partial charge is 0.242 e. The average Bonchev–Trinajstić information content (AvgIpc) is 3.26. The number of carbonyl (C=O) groups is 2. The van der Waals surface area contributed by atoms with Crippen LogP contribution in [-0.2, 0) is 9.59 Å². The number of nitrogens with zero attached hydrogens (tertiary/aromatic N) is 2. The number of likely N-dealkylation sites (tertiary alicyclic amines) is 2. The van der Waals surface area contributed by atoms with Crippen molar-refractivity contribution in [1.82, 2.24) is 15.1 Å². The Balaban J connectivity index is 1.52. The van der Waals surface area contributed by atoms with Crippen LogP contribution in [-0.4, -0.2) is 53.5 Å². The Morgan fingerprint density at radius 1 is 1.06 bits per heavy atom. The fourth-order valence-electron chi connectivity index (χ4n) is 5.03. The molecule has 2 heterocycles. The Morgan fingerprint density at radius 2 is 1.71 bits per heavy atom. The molecule has 0 aliphatic carbocycles. The van der Waals surface area contributed by atoms with Gasteiger partial charge in [0.2, 0.25) is 11.8 Å². The number of hydrogen-bond acceptors (Lipinski definition) is 3. The van der Waals surface area contributed by atoms with Gasteiger partial charge < -0.3 is 15.1 Å². The summed E-state index contributed by atoms with van der Waals surface area (Å²) in [6.07, 6.45) is 1.34. The summed E-state index contributed by atoms with van der Waals surface area (Å²) in [6, 6.07) is 17.9. The van der Waals surface area contributed by atoms with E-state index in [1.807, 2.05) is 18.2 Å². The standard InChI is InChI=1S/C29H36FN3O2/c1-20(2)22-12-14-24(15-13-22)29(23-9-5-4-6-10-23)31-21(3)26-17-25(30)18-33(26)28(35)19-32-16-8-7-11-27(32)34/h4-6,9-10,12-15,20,25-26,29,31H,3,7-8,11,16-19H2,1-2H3/t25-,26+,29+/m1/s1. The lowest BCUT2D eigenvalue weighted by Crippen LogP contribution is -2.47. The minimum absolute atomic E-state index is 0.00285. The van der Waals surface area contributed by atoms with Gasteiger partial charge in [-0.05, 0) is 35.4 Å². The molecule has 1 N–H and O–H groups in total. The number of rotatable bonds is 8. The topological polar surface area (TPSA) is 52.7 Å². The van der Waals surface area contributed by atoms with E-state index in [2.05, 4.69) is 62.1 Å². The first kappa shape index (κ1) is 25.0. The maximum absolute atomic E-state index is 14.6. The van der Waals surface area contributed by atoms with Crippen LogP contribution in [0, 0.1) is 0 Å². The van der Waals surface area contributed by atoms with Crippen LogP contribution in [0.15, 0.2) is 66.9 Å². The summed E-state index contributed by atoms with van der Waals surface area (Å²) in [4.78, 5) is 28.5. The summed E-state index contributed by atoms with van der Waals surface area (Å²) < 4.78 is 14.6. The minimum atomic E-state index is -1.11. The van der Waals surface area contributed by atoms with Gasteiger partial charge in [0.1, 0.15) is 6.17 Å². The first-order valence-corrected chi connectivity index (χ1v) is 12.6. The van der Waals surface area contributed by atoms with E-state index in [4.69, 9.17) is 0 Å². The lowest BCUT2D eigenvalue weighted by molar-refractivity contribution is -0.142. The molecule has 0 bridgehead atoms. The van der Waals surface area contributed by atoms with E-state index in [-0.39, 0.29) is 37.4 Å². The Hall–Kier alpha value is -3.15. The van der Waals surface area contributed by atoms with Crippen LogP contribution in [0.3, 0.4) is 0 Å². The van der Waals surface area contributed by atoms with E-state index in [9.17, 15) is 14.0 Å². The van der Waals surface area contributed by atoms with Crippen LogP contribution in [0.2, 0.25) is 0 Å². The van der Waals surface area contributed by atoms with Crippen molar-refractivity contribution in [1.29, 1.82) is 0 Å². The second-order valence-electron chi connectivity index (χ2n) is 10.0. The summed E-state index contributed by atoms with van der Waals surface area (Å²) in [5, 5.41) is 3.52. The third-order valence-electron chi connectivity index (χ3n) is 7.12. The second-order valence-corrected chi connectivity index (χ2v) is 10.0. The predicted octanol–water partition coefficient (Wildman–Crippen LogP) is 4.95. The third-order valence-corrected chi connectivity index (χ3v) is 7.12. The molecule has 2 amide bonds. The van der Waals surface area contributed by atoms with Gasteiger partial charge in [0.05, 0.1) is 25.2 Å². The van der Waals surface area contributed by atoms with Gasteiger partial charge in [0.15, 0.2) is 0 Å². The first-order chi connectivity index (χ1) is 16.8. The van der Waals surface area contributed by atoms with Crippen LogP contribution < -0.4 is 5.32 Å². The van der Waals surface area contributed by atoms with E-state index in [1.165, 1.54) is 5.56 Å². The van der Waals surface area contributed by atoms with Gasteiger partial charge in [0, 0.05) is 25.1 Å². The Bertz CT molecular complexity index is 1040. The van der Waals surface area contributed by atoms with Crippen LogP contribution in [0.25, 0.3) is 0 Å². The number of benzene rings is 2. The van der Waals surface area contributed by atoms with E-state index >= 15 is 0 Å². The van der Waals surface area contributed by atoms with Gasteiger partial charge in [-0.25, -0.2) is 4.39 Å². The molecule has 2 saturated heterocycles. The van der Waals surface area contributed by atoms with Gasteiger partial charge in [-0.3, -0.25) is 9.59 Å². The summed E-state index contributed by atoms with van der Waals surface area (Å²) in [5.74, 6) is 0.225. The molecule has 0 unspecified atom stereocenters. The fourth-order valence-corrected chi connectivity index (χ4v) is 5.03. The van der Waals surface area contributed by atoms with Crippen molar-refractivity contribution >= 4 is 11.8 Å². The zero-order chi connectivity index (χ0) is 24.9. The Kier molecular flexibility index (Phi) is 7.89. The highest BCUT2D eigenvalue weighted by atomic mass is 19.1. The van der Waals surface area contributed by atoms with Gasteiger partial charge in [0.25, 0.3) is 0 Å². The molecule has 2 aliphatic rings. The van der Waals surface area contributed by atoms with Gasteiger partial charge in [-0.1, -0.05) is 75.0 Å². The molecular weight excluding hydrogens is 441 g/mol. The number of nitrogens with one attached hydrogen (secondary N) is 1. The Morgan fingerprint density at radius 3 is 2.37 bits per heavy atom. The Labute approximate surface area is 208 Å². The number of amides is 2. The molecule has 5 nitrogen and oxygen atoms in total. The predicted molar refractivity (Wildman–Crippen MR) is 137 cm³/mol. The lowest BCUT2D eigenvalue weighted by atomic mass is 9.94. The first-order valence-electron chi connectivity index (χ1n) is 12.6. The number of hydrogen-bond donors (Lipinski definition) is 1. The molecule has 2 aliphatic heterocycles. The van der Waals surface area contributed by atoms with E-state index < -0.39 is 12.2 Å². The molecule has 2 aromatic rings. The van der Waals surface area contributed by atoms with Gasteiger partial charge in [-0.2, -0.15) is 0 Å². The van der Waals surface area contributed by atoms with Crippen LogP contribution >= 0.6 is 0 Å². The average molecular weight is 478 g/mol. The molecule has 2 aromatic carbocycles. The van der Waals surface area contributed by atoms with E-state index in [0.717, 1.165) is 24.0 Å². The number of piperidine rings is 1. The van der Waals surface area contributed by atoms with E-state index in [0.29, 0.717) is 24.6 Å². The third kappa shape index (κ3) is 5.92. The van der Waals surface area contributed by atoms with Crippen molar-refractivity contribution in [3.05, 3.63) is 83.6 Å². The molecule has 0 aromatic heterocycles. The quantitative estimate of drug-likeness (QED) is 0.585.